The first kappa shape index (κ1) is 8.78. The van der Waals surface area contributed by atoms with Gasteiger partial charge in [-0.1, -0.05) is 11.6 Å². The first-order chi connectivity index (χ1) is 6.09. The summed E-state index contributed by atoms with van der Waals surface area (Å²) in [4.78, 5) is 7.76. The van der Waals surface area contributed by atoms with Crippen LogP contribution in [-0.2, 0) is 0 Å². The molecule has 0 aliphatic rings. The molecule has 2 heterocycles. The van der Waals surface area contributed by atoms with E-state index >= 15 is 0 Å². The van der Waals surface area contributed by atoms with E-state index in [1.165, 1.54) is 0 Å². The fourth-order valence-electron chi connectivity index (χ4n) is 1.18. The second-order valence-electron chi connectivity index (χ2n) is 2.75. The van der Waals surface area contributed by atoms with E-state index in [0.29, 0.717) is 10.9 Å². The third-order valence-electron chi connectivity index (χ3n) is 1.96. The Hall–Kier alpha value is -0.800. The van der Waals surface area contributed by atoms with Gasteiger partial charge in [-0.3, -0.25) is 0 Å². The van der Waals surface area contributed by atoms with Gasteiger partial charge in [0.05, 0.1) is 5.39 Å². The summed E-state index contributed by atoms with van der Waals surface area (Å²) in [5, 5.41) is 1.18. The number of aryl methyl sites for hydroxylation is 2. The number of halogens is 2. The predicted molar refractivity (Wildman–Crippen MR) is 51.3 cm³/mol. The molecule has 0 radical (unpaired) electrons. The average Bonchev–Trinajstić information content (AvgIpc) is 2.27. The van der Waals surface area contributed by atoms with Gasteiger partial charge in [0.2, 0.25) is 11.0 Å². The Morgan fingerprint density at radius 2 is 1.85 bits per heavy atom. The van der Waals surface area contributed by atoms with E-state index < -0.39 is 0 Å². The monoisotopic (exact) mass is 216 g/mol. The normalized spacial score (nSPS) is 11.1. The van der Waals surface area contributed by atoms with Gasteiger partial charge in [-0.05, 0) is 25.4 Å². The summed E-state index contributed by atoms with van der Waals surface area (Å²) in [7, 11) is 0. The molecule has 0 fully saturated rings. The van der Waals surface area contributed by atoms with Gasteiger partial charge < -0.3 is 4.42 Å². The lowest BCUT2D eigenvalue weighted by Gasteiger charge is -1.92. The van der Waals surface area contributed by atoms with E-state index in [4.69, 9.17) is 27.6 Å². The molecule has 3 nitrogen and oxygen atoms in total. The van der Waals surface area contributed by atoms with Crippen molar-refractivity contribution in [3.63, 3.8) is 0 Å². The van der Waals surface area contributed by atoms with Gasteiger partial charge in [-0.25, -0.2) is 4.98 Å². The third kappa shape index (κ3) is 1.28. The minimum Gasteiger partial charge on any atom is -0.443 e. The van der Waals surface area contributed by atoms with Crippen molar-refractivity contribution < 1.29 is 4.42 Å². The van der Waals surface area contributed by atoms with Crippen LogP contribution in [0.25, 0.3) is 11.1 Å². The molecule has 2 rings (SSSR count). The molecule has 0 aliphatic heterocycles. The predicted octanol–water partition coefficient (Wildman–Crippen LogP) is 3.15. The van der Waals surface area contributed by atoms with Crippen LogP contribution in [0.4, 0.5) is 0 Å². The first-order valence-electron chi connectivity index (χ1n) is 3.68. The molecule has 13 heavy (non-hydrogen) atoms. The highest BCUT2D eigenvalue weighted by Crippen LogP contribution is 2.29. The molecule has 0 spiro atoms. The van der Waals surface area contributed by atoms with Gasteiger partial charge in [0.25, 0.3) is 0 Å². The number of fused-ring (bicyclic) bond motifs is 1. The van der Waals surface area contributed by atoms with Gasteiger partial charge in [0, 0.05) is 5.56 Å². The lowest BCUT2D eigenvalue weighted by Crippen LogP contribution is -1.83. The van der Waals surface area contributed by atoms with Crippen molar-refractivity contribution in [2.24, 2.45) is 0 Å². The lowest BCUT2D eigenvalue weighted by atomic mass is 10.2. The smallest absolute Gasteiger partial charge is 0.232 e. The van der Waals surface area contributed by atoms with Crippen molar-refractivity contribution in [2.45, 2.75) is 13.8 Å². The Bertz CT molecular complexity index is 478. The van der Waals surface area contributed by atoms with E-state index in [1.54, 1.807) is 0 Å². The second-order valence-corrected chi connectivity index (χ2v) is 3.44. The van der Waals surface area contributed by atoms with Gasteiger partial charge in [0.1, 0.15) is 10.9 Å². The van der Waals surface area contributed by atoms with Crippen LogP contribution < -0.4 is 0 Å². The zero-order valence-corrected chi connectivity index (χ0v) is 8.57. The summed E-state index contributed by atoms with van der Waals surface area (Å²) >= 11 is 11.5. The molecule has 0 aliphatic carbocycles. The lowest BCUT2D eigenvalue weighted by molar-refractivity contribution is 0.564. The summed E-state index contributed by atoms with van der Waals surface area (Å²) in [5.74, 6) is 0.786. The molecule has 0 saturated carbocycles. The molecule has 2 aromatic heterocycles. The summed E-state index contributed by atoms with van der Waals surface area (Å²) in [6.45, 7) is 3.76. The minimum absolute atomic E-state index is 0.103. The maximum atomic E-state index is 5.89. The van der Waals surface area contributed by atoms with Crippen LogP contribution in [0.3, 0.4) is 0 Å². The topological polar surface area (TPSA) is 38.9 Å². The number of aromatic nitrogens is 2. The molecule has 2 aromatic rings. The van der Waals surface area contributed by atoms with Crippen molar-refractivity contribution in [2.75, 3.05) is 0 Å². The van der Waals surface area contributed by atoms with Crippen LogP contribution in [0.1, 0.15) is 11.3 Å². The SMILES string of the molecule is Cc1oc2nc(Cl)nc(Cl)c2c1C. The summed E-state index contributed by atoms with van der Waals surface area (Å²) in [6.07, 6.45) is 0. The zero-order valence-electron chi connectivity index (χ0n) is 7.06. The second kappa shape index (κ2) is 2.86. The Kier molecular flexibility index (Phi) is 1.93. The van der Waals surface area contributed by atoms with Crippen molar-refractivity contribution in [3.05, 3.63) is 21.8 Å². The third-order valence-corrected chi connectivity index (χ3v) is 2.40. The molecule has 0 atom stereocenters. The highest BCUT2D eigenvalue weighted by Gasteiger charge is 2.13. The standard InChI is InChI=1S/C8H6Cl2N2O/c1-3-4(2)13-7-5(3)6(9)11-8(10)12-7/h1-2H3. The molecule has 5 heteroatoms. The molecule has 0 amide bonds. The van der Waals surface area contributed by atoms with E-state index in [2.05, 4.69) is 9.97 Å². The highest BCUT2D eigenvalue weighted by molar-refractivity contribution is 6.35. The maximum absolute atomic E-state index is 5.89. The van der Waals surface area contributed by atoms with Crippen LogP contribution in [-0.4, -0.2) is 9.97 Å². The molecule has 0 bridgehead atoms. The first-order valence-corrected chi connectivity index (χ1v) is 4.44. The number of hydrogen-bond acceptors (Lipinski definition) is 3. The molecule has 68 valence electrons. The zero-order chi connectivity index (χ0) is 9.59. The molecular weight excluding hydrogens is 211 g/mol. The van der Waals surface area contributed by atoms with Crippen LogP contribution in [0.5, 0.6) is 0 Å². The van der Waals surface area contributed by atoms with E-state index in [0.717, 1.165) is 16.7 Å². The fourth-order valence-corrected chi connectivity index (χ4v) is 1.68. The largest absolute Gasteiger partial charge is 0.443 e. The maximum Gasteiger partial charge on any atom is 0.232 e. The Morgan fingerprint density at radius 3 is 2.54 bits per heavy atom. The van der Waals surface area contributed by atoms with Crippen LogP contribution in [0.2, 0.25) is 10.4 Å². The molecular formula is C8H6Cl2N2O. The molecule has 0 unspecified atom stereocenters. The van der Waals surface area contributed by atoms with Gasteiger partial charge in [0.15, 0.2) is 0 Å². The van der Waals surface area contributed by atoms with Crippen LogP contribution >= 0.6 is 23.2 Å². The number of hydrogen-bond donors (Lipinski definition) is 0. The van der Waals surface area contributed by atoms with Crippen molar-refractivity contribution in [1.29, 1.82) is 0 Å². The number of furan rings is 1. The summed E-state index contributed by atoms with van der Waals surface area (Å²) < 4.78 is 5.34. The Morgan fingerprint density at radius 1 is 1.15 bits per heavy atom. The number of nitrogens with zero attached hydrogens (tertiary/aromatic N) is 2. The van der Waals surface area contributed by atoms with Crippen LogP contribution in [0, 0.1) is 13.8 Å². The van der Waals surface area contributed by atoms with E-state index in [9.17, 15) is 0 Å². The van der Waals surface area contributed by atoms with E-state index in [1.807, 2.05) is 13.8 Å². The Labute approximate surface area is 84.7 Å². The highest BCUT2D eigenvalue weighted by atomic mass is 35.5. The van der Waals surface area contributed by atoms with Gasteiger partial charge in [-0.2, -0.15) is 4.98 Å². The minimum atomic E-state index is 0.103. The summed E-state index contributed by atoms with van der Waals surface area (Å²) in [6, 6.07) is 0. The van der Waals surface area contributed by atoms with E-state index in [-0.39, 0.29) is 5.28 Å². The summed E-state index contributed by atoms with van der Waals surface area (Å²) in [5.41, 5.74) is 1.40. The van der Waals surface area contributed by atoms with Crippen molar-refractivity contribution >= 4 is 34.3 Å². The van der Waals surface area contributed by atoms with Crippen LogP contribution in [0.15, 0.2) is 4.42 Å². The average molecular weight is 217 g/mol. The molecule has 0 aromatic carbocycles. The quantitative estimate of drug-likeness (QED) is 0.502. The Balaban J connectivity index is 2.94. The van der Waals surface area contributed by atoms with Crippen molar-refractivity contribution in [3.8, 4) is 0 Å². The molecule has 0 N–H and O–H groups in total. The van der Waals surface area contributed by atoms with Crippen molar-refractivity contribution in [1.82, 2.24) is 9.97 Å². The van der Waals surface area contributed by atoms with Gasteiger partial charge in [-0.15, -0.1) is 0 Å². The number of rotatable bonds is 0. The molecule has 0 saturated heterocycles. The fraction of sp³-hybridized carbons (Fsp3) is 0.250. The van der Waals surface area contributed by atoms with Gasteiger partial charge >= 0.3 is 0 Å².